The number of anilines is 1. The van der Waals surface area contributed by atoms with Gasteiger partial charge in [0.05, 0.1) is 22.9 Å². The van der Waals surface area contributed by atoms with Gasteiger partial charge in [-0.05, 0) is 49.2 Å². The summed E-state index contributed by atoms with van der Waals surface area (Å²) < 4.78 is 11.2. The smallest absolute Gasteiger partial charge is 0.266 e. The molecule has 1 atom stereocenters. The van der Waals surface area contributed by atoms with Crippen LogP contribution in [0.1, 0.15) is 33.6 Å². The average Bonchev–Trinajstić information content (AvgIpc) is 3.22. The maximum absolute atomic E-state index is 12.4. The van der Waals surface area contributed by atoms with E-state index in [0.717, 1.165) is 19.4 Å². The second-order valence-corrected chi connectivity index (χ2v) is 5.93. The van der Waals surface area contributed by atoms with E-state index in [4.69, 9.17) is 9.47 Å². The first-order valence-electron chi connectivity index (χ1n) is 8.06. The molecule has 2 aromatic carbocycles. The van der Waals surface area contributed by atoms with Crippen LogP contribution in [0.3, 0.4) is 0 Å². The summed E-state index contributed by atoms with van der Waals surface area (Å²) in [6.45, 7) is 1.32. The minimum Gasteiger partial charge on any atom is -0.491 e. The van der Waals surface area contributed by atoms with Gasteiger partial charge in [-0.1, -0.05) is 12.1 Å². The maximum Gasteiger partial charge on any atom is 0.266 e. The molecule has 24 heavy (non-hydrogen) atoms. The summed E-state index contributed by atoms with van der Waals surface area (Å²) in [4.78, 5) is 26.1. The quantitative estimate of drug-likeness (QED) is 0.812. The van der Waals surface area contributed by atoms with Gasteiger partial charge >= 0.3 is 0 Å². The molecular formula is C19H17NO4. The predicted octanol–water partition coefficient (Wildman–Crippen LogP) is 3.05. The summed E-state index contributed by atoms with van der Waals surface area (Å²) in [6.07, 6.45) is 2.25. The van der Waals surface area contributed by atoms with Gasteiger partial charge in [-0.2, -0.15) is 0 Å². The topological polar surface area (TPSA) is 55.8 Å². The van der Waals surface area contributed by atoms with Crippen molar-refractivity contribution in [1.82, 2.24) is 0 Å². The molecule has 122 valence electrons. The van der Waals surface area contributed by atoms with E-state index in [9.17, 15) is 9.59 Å². The normalized spacial score (nSPS) is 19.7. The molecule has 2 aromatic rings. The number of rotatable bonds is 4. The maximum atomic E-state index is 12.4. The Kier molecular flexibility index (Phi) is 3.78. The Morgan fingerprint density at radius 2 is 1.67 bits per heavy atom. The Morgan fingerprint density at radius 1 is 1.00 bits per heavy atom. The molecule has 0 radical (unpaired) electrons. The number of hydrogen-bond acceptors (Lipinski definition) is 4. The van der Waals surface area contributed by atoms with Crippen LogP contribution in [0.25, 0.3) is 0 Å². The van der Waals surface area contributed by atoms with Gasteiger partial charge in [0, 0.05) is 6.61 Å². The van der Waals surface area contributed by atoms with Crippen LogP contribution in [0.2, 0.25) is 0 Å². The Labute approximate surface area is 139 Å². The largest absolute Gasteiger partial charge is 0.491 e. The third-order valence-electron chi connectivity index (χ3n) is 4.35. The highest BCUT2D eigenvalue weighted by atomic mass is 16.5. The van der Waals surface area contributed by atoms with Crippen LogP contribution in [0.15, 0.2) is 48.5 Å². The summed E-state index contributed by atoms with van der Waals surface area (Å²) in [6, 6.07) is 13.9. The number of nitrogens with zero attached hydrogens (tertiary/aromatic N) is 1. The number of fused-ring (bicyclic) bond motifs is 1. The molecule has 1 saturated heterocycles. The first-order valence-corrected chi connectivity index (χ1v) is 8.06. The average molecular weight is 323 g/mol. The van der Waals surface area contributed by atoms with Gasteiger partial charge < -0.3 is 9.47 Å². The van der Waals surface area contributed by atoms with E-state index in [0.29, 0.717) is 29.2 Å². The van der Waals surface area contributed by atoms with Crippen molar-refractivity contribution in [2.45, 2.75) is 18.9 Å². The summed E-state index contributed by atoms with van der Waals surface area (Å²) in [5, 5.41) is 0. The summed E-state index contributed by atoms with van der Waals surface area (Å²) >= 11 is 0. The van der Waals surface area contributed by atoms with Crippen LogP contribution in [0, 0.1) is 0 Å². The van der Waals surface area contributed by atoms with Gasteiger partial charge in [0.2, 0.25) is 0 Å². The number of carbonyl (C=O) groups excluding carboxylic acids is 2. The first kappa shape index (κ1) is 14.9. The van der Waals surface area contributed by atoms with Gasteiger partial charge in [0.15, 0.2) is 0 Å². The summed E-state index contributed by atoms with van der Waals surface area (Å²) in [5.74, 6) is 0.123. The Balaban J connectivity index is 1.49. The third-order valence-corrected chi connectivity index (χ3v) is 4.35. The number of carbonyl (C=O) groups is 2. The SMILES string of the molecule is O=C1c2ccccc2C(=O)N1c1ccc(OCC2CCCO2)cc1. The monoisotopic (exact) mass is 323 g/mol. The number of imide groups is 1. The lowest BCUT2D eigenvalue weighted by Crippen LogP contribution is -2.29. The predicted molar refractivity (Wildman–Crippen MR) is 88.5 cm³/mol. The van der Waals surface area contributed by atoms with Crippen molar-refractivity contribution in [2.24, 2.45) is 0 Å². The van der Waals surface area contributed by atoms with Crippen molar-refractivity contribution in [1.29, 1.82) is 0 Å². The van der Waals surface area contributed by atoms with E-state index < -0.39 is 0 Å². The van der Waals surface area contributed by atoms with Crippen molar-refractivity contribution in [3.05, 3.63) is 59.7 Å². The molecule has 5 heteroatoms. The van der Waals surface area contributed by atoms with E-state index in [1.54, 1.807) is 48.5 Å². The van der Waals surface area contributed by atoms with Gasteiger partial charge in [0.1, 0.15) is 12.4 Å². The van der Waals surface area contributed by atoms with E-state index >= 15 is 0 Å². The molecule has 2 amide bonds. The summed E-state index contributed by atoms with van der Waals surface area (Å²) in [5.41, 5.74) is 1.44. The second kappa shape index (κ2) is 6.09. The fourth-order valence-electron chi connectivity index (χ4n) is 3.08. The Hall–Kier alpha value is -2.66. The van der Waals surface area contributed by atoms with Crippen molar-refractivity contribution < 1.29 is 19.1 Å². The molecule has 5 nitrogen and oxygen atoms in total. The van der Waals surface area contributed by atoms with Gasteiger partial charge in [0.25, 0.3) is 11.8 Å². The van der Waals surface area contributed by atoms with E-state index in [2.05, 4.69) is 0 Å². The number of amides is 2. The van der Waals surface area contributed by atoms with Crippen LogP contribution in [-0.4, -0.2) is 31.1 Å². The highest BCUT2D eigenvalue weighted by molar-refractivity contribution is 6.34. The lowest BCUT2D eigenvalue weighted by atomic mass is 10.1. The molecule has 2 aliphatic rings. The van der Waals surface area contributed by atoms with E-state index in [1.807, 2.05) is 0 Å². The third kappa shape index (κ3) is 2.57. The molecule has 0 N–H and O–H groups in total. The first-order chi connectivity index (χ1) is 11.7. The molecule has 0 spiro atoms. The zero-order valence-corrected chi connectivity index (χ0v) is 13.1. The zero-order chi connectivity index (χ0) is 16.5. The molecule has 0 saturated carbocycles. The Morgan fingerprint density at radius 3 is 2.25 bits per heavy atom. The lowest BCUT2D eigenvalue weighted by molar-refractivity contribution is 0.0679. The van der Waals surface area contributed by atoms with Gasteiger partial charge in [-0.15, -0.1) is 0 Å². The van der Waals surface area contributed by atoms with Gasteiger partial charge in [-0.25, -0.2) is 4.90 Å². The van der Waals surface area contributed by atoms with Crippen molar-refractivity contribution in [3.8, 4) is 5.75 Å². The number of ether oxygens (including phenoxy) is 2. The molecule has 2 aliphatic heterocycles. The van der Waals surface area contributed by atoms with Crippen LogP contribution in [0.5, 0.6) is 5.75 Å². The van der Waals surface area contributed by atoms with Crippen LogP contribution in [-0.2, 0) is 4.74 Å². The molecule has 0 bridgehead atoms. The molecule has 0 aromatic heterocycles. The number of benzene rings is 2. The van der Waals surface area contributed by atoms with Gasteiger partial charge in [-0.3, -0.25) is 9.59 Å². The Bertz CT molecular complexity index is 743. The minimum atomic E-state index is -0.288. The van der Waals surface area contributed by atoms with E-state index in [-0.39, 0.29) is 17.9 Å². The second-order valence-electron chi connectivity index (χ2n) is 5.93. The highest BCUT2D eigenvalue weighted by Gasteiger charge is 2.36. The molecule has 2 heterocycles. The molecule has 1 unspecified atom stereocenters. The van der Waals surface area contributed by atoms with Crippen molar-refractivity contribution in [3.63, 3.8) is 0 Å². The minimum absolute atomic E-state index is 0.154. The molecule has 0 aliphatic carbocycles. The standard InChI is InChI=1S/C19H17NO4/c21-18-16-5-1-2-6-17(16)19(22)20(18)13-7-9-14(10-8-13)24-12-15-4-3-11-23-15/h1-2,5-10,15H,3-4,11-12H2. The molecule has 4 rings (SSSR count). The van der Waals surface area contributed by atoms with Crippen LogP contribution < -0.4 is 9.64 Å². The summed E-state index contributed by atoms with van der Waals surface area (Å²) in [7, 11) is 0. The zero-order valence-electron chi connectivity index (χ0n) is 13.1. The van der Waals surface area contributed by atoms with Crippen LogP contribution in [0.4, 0.5) is 5.69 Å². The number of hydrogen-bond donors (Lipinski definition) is 0. The fourth-order valence-corrected chi connectivity index (χ4v) is 3.08. The molecule has 1 fully saturated rings. The lowest BCUT2D eigenvalue weighted by Gasteiger charge is -2.15. The van der Waals surface area contributed by atoms with Crippen molar-refractivity contribution >= 4 is 17.5 Å². The van der Waals surface area contributed by atoms with E-state index in [1.165, 1.54) is 4.90 Å². The van der Waals surface area contributed by atoms with Crippen molar-refractivity contribution in [2.75, 3.05) is 18.1 Å². The highest BCUT2D eigenvalue weighted by Crippen LogP contribution is 2.29. The molecular weight excluding hydrogens is 306 g/mol. The fraction of sp³-hybridized carbons (Fsp3) is 0.263. The van der Waals surface area contributed by atoms with Crippen LogP contribution >= 0.6 is 0 Å².